The van der Waals surface area contributed by atoms with Crippen molar-refractivity contribution < 1.29 is 4.74 Å². The molecule has 6 heteroatoms. The third-order valence-electron chi connectivity index (χ3n) is 5.14. The number of benzene rings is 1. The van der Waals surface area contributed by atoms with Crippen molar-refractivity contribution in [3.63, 3.8) is 0 Å². The fourth-order valence-electron chi connectivity index (χ4n) is 3.31. The summed E-state index contributed by atoms with van der Waals surface area (Å²) in [5, 5.41) is 4.81. The molecule has 0 saturated heterocycles. The van der Waals surface area contributed by atoms with Gasteiger partial charge in [0.15, 0.2) is 5.96 Å². The summed E-state index contributed by atoms with van der Waals surface area (Å²) in [6.45, 7) is 5.60. The smallest absolute Gasteiger partial charge is 0.193 e. The highest BCUT2D eigenvalue weighted by molar-refractivity contribution is 14.0. The number of ether oxygens (including phenoxy) is 1. The SMILES string of the molecule is CCc1cccc2c(CCNC(=NC)N(C)CCOCC3CC3)c[nH]c12.I. The van der Waals surface area contributed by atoms with E-state index in [2.05, 4.69) is 58.6 Å². The molecule has 150 valence electrons. The highest BCUT2D eigenvalue weighted by Crippen LogP contribution is 2.28. The Morgan fingerprint density at radius 1 is 1.33 bits per heavy atom. The second-order valence-corrected chi connectivity index (χ2v) is 7.17. The molecule has 0 bridgehead atoms. The number of likely N-dealkylation sites (N-methyl/N-ethyl adjacent to an activating group) is 1. The Bertz CT molecular complexity index is 739. The number of para-hydroxylation sites is 1. The summed E-state index contributed by atoms with van der Waals surface area (Å²) >= 11 is 0. The largest absolute Gasteiger partial charge is 0.379 e. The summed E-state index contributed by atoms with van der Waals surface area (Å²) in [4.78, 5) is 9.97. The van der Waals surface area contributed by atoms with Gasteiger partial charge in [-0.1, -0.05) is 25.1 Å². The van der Waals surface area contributed by atoms with Crippen LogP contribution < -0.4 is 5.32 Å². The lowest BCUT2D eigenvalue weighted by Gasteiger charge is -2.22. The minimum Gasteiger partial charge on any atom is -0.379 e. The second-order valence-electron chi connectivity index (χ2n) is 7.17. The molecule has 0 amide bonds. The third-order valence-corrected chi connectivity index (χ3v) is 5.14. The van der Waals surface area contributed by atoms with E-state index in [4.69, 9.17) is 4.74 Å². The summed E-state index contributed by atoms with van der Waals surface area (Å²) in [5.41, 5.74) is 4.01. The molecule has 1 aromatic heterocycles. The number of H-pyrrole nitrogens is 1. The van der Waals surface area contributed by atoms with Crippen molar-refractivity contribution in [1.82, 2.24) is 15.2 Å². The summed E-state index contributed by atoms with van der Waals surface area (Å²) in [6.07, 6.45) is 6.84. The van der Waals surface area contributed by atoms with Gasteiger partial charge >= 0.3 is 0 Å². The highest BCUT2D eigenvalue weighted by atomic mass is 127. The number of hydrogen-bond donors (Lipinski definition) is 2. The number of rotatable bonds is 9. The van der Waals surface area contributed by atoms with Crippen LogP contribution in [0.1, 0.15) is 30.9 Å². The van der Waals surface area contributed by atoms with E-state index in [1.165, 1.54) is 34.9 Å². The lowest BCUT2D eigenvalue weighted by molar-refractivity contribution is 0.115. The maximum atomic E-state index is 5.73. The Morgan fingerprint density at radius 3 is 2.85 bits per heavy atom. The van der Waals surface area contributed by atoms with Crippen molar-refractivity contribution in [2.75, 3.05) is 40.4 Å². The van der Waals surface area contributed by atoms with Crippen LogP contribution in [0, 0.1) is 5.92 Å². The van der Waals surface area contributed by atoms with E-state index in [1.807, 2.05) is 7.05 Å². The summed E-state index contributed by atoms with van der Waals surface area (Å²) in [6, 6.07) is 6.56. The van der Waals surface area contributed by atoms with Gasteiger partial charge in [-0.05, 0) is 42.7 Å². The number of guanidine groups is 1. The monoisotopic (exact) mass is 484 g/mol. The van der Waals surface area contributed by atoms with Gasteiger partial charge in [0.05, 0.1) is 6.61 Å². The van der Waals surface area contributed by atoms with Crippen LogP contribution >= 0.6 is 24.0 Å². The Labute approximate surface area is 180 Å². The van der Waals surface area contributed by atoms with Crippen LogP contribution in [0.3, 0.4) is 0 Å². The van der Waals surface area contributed by atoms with Gasteiger partial charge in [-0.3, -0.25) is 4.99 Å². The molecule has 3 rings (SSSR count). The molecule has 2 N–H and O–H groups in total. The van der Waals surface area contributed by atoms with E-state index in [-0.39, 0.29) is 24.0 Å². The van der Waals surface area contributed by atoms with Crippen LogP contribution in [0.5, 0.6) is 0 Å². The van der Waals surface area contributed by atoms with Crippen LogP contribution in [-0.2, 0) is 17.6 Å². The number of aryl methyl sites for hydroxylation is 1. The number of aliphatic imine (C=N–C) groups is 1. The van der Waals surface area contributed by atoms with Crippen LogP contribution in [0.4, 0.5) is 0 Å². The fraction of sp³-hybridized carbons (Fsp3) is 0.571. The third kappa shape index (κ3) is 6.10. The molecule has 1 aliphatic rings. The van der Waals surface area contributed by atoms with E-state index in [0.29, 0.717) is 0 Å². The van der Waals surface area contributed by atoms with Crippen molar-refractivity contribution in [1.29, 1.82) is 0 Å². The number of fused-ring (bicyclic) bond motifs is 1. The number of aromatic amines is 1. The number of aromatic nitrogens is 1. The van der Waals surface area contributed by atoms with E-state index < -0.39 is 0 Å². The van der Waals surface area contributed by atoms with Gasteiger partial charge < -0.3 is 19.9 Å². The second kappa shape index (κ2) is 10.9. The molecule has 0 aliphatic heterocycles. The molecule has 1 saturated carbocycles. The quantitative estimate of drug-likeness (QED) is 0.246. The molecule has 1 aromatic carbocycles. The molecule has 2 aromatic rings. The lowest BCUT2D eigenvalue weighted by atomic mass is 10.1. The molecular weight excluding hydrogens is 451 g/mol. The first-order valence-electron chi connectivity index (χ1n) is 9.80. The minimum atomic E-state index is 0. The molecule has 0 radical (unpaired) electrons. The molecule has 5 nitrogen and oxygen atoms in total. The predicted molar refractivity (Wildman–Crippen MR) is 124 cm³/mol. The van der Waals surface area contributed by atoms with E-state index in [0.717, 1.165) is 51.0 Å². The molecule has 1 fully saturated rings. The molecular formula is C21H33IN4O. The Hall–Kier alpha value is -1.28. The zero-order chi connectivity index (χ0) is 18.4. The topological polar surface area (TPSA) is 52.6 Å². The minimum absolute atomic E-state index is 0. The Morgan fingerprint density at radius 2 is 2.15 bits per heavy atom. The first-order valence-corrected chi connectivity index (χ1v) is 9.80. The first-order chi connectivity index (χ1) is 12.7. The summed E-state index contributed by atoms with van der Waals surface area (Å²) in [7, 11) is 3.90. The fourth-order valence-corrected chi connectivity index (χ4v) is 3.31. The number of hydrogen-bond acceptors (Lipinski definition) is 2. The maximum absolute atomic E-state index is 5.73. The van der Waals surface area contributed by atoms with Crippen molar-refractivity contribution >= 4 is 40.8 Å². The van der Waals surface area contributed by atoms with Gasteiger partial charge in [-0.15, -0.1) is 24.0 Å². The Balaban J connectivity index is 0.00000261. The van der Waals surface area contributed by atoms with E-state index >= 15 is 0 Å². The molecule has 0 unspecified atom stereocenters. The molecule has 1 heterocycles. The number of halogens is 1. The van der Waals surface area contributed by atoms with Gasteiger partial charge in [0.25, 0.3) is 0 Å². The zero-order valence-electron chi connectivity index (χ0n) is 16.8. The van der Waals surface area contributed by atoms with Crippen LogP contribution in [0.2, 0.25) is 0 Å². The average Bonchev–Trinajstić information content (AvgIpc) is 3.40. The van der Waals surface area contributed by atoms with Gasteiger partial charge in [0.2, 0.25) is 0 Å². The normalized spacial score (nSPS) is 14.3. The van der Waals surface area contributed by atoms with E-state index in [9.17, 15) is 0 Å². The first kappa shape index (κ1) is 22.0. The van der Waals surface area contributed by atoms with Crippen molar-refractivity contribution in [2.45, 2.75) is 32.6 Å². The van der Waals surface area contributed by atoms with Gasteiger partial charge in [0, 0.05) is 50.9 Å². The lowest BCUT2D eigenvalue weighted by Crippen LogP contribution is -2.41. The number of nitrogens with one attached hydrogen (secondary N) is 2. The van der Waals surface area contributed by atoms with Crippen molar-refractivity contribution in [2.24, 2.45) is 10.9 Å². The Kier molecular flexibility index (Phi) is 8.89. The van der Waals surface area contributed by atoms with Gasteiger partial charge in [-0.25, -0.2) is 0 Å². The van der Waals surface area contributed by atoms with Crippen LogP contribution in [-0.4, -0.2) is 56.2 Å². The van der Waals surface area contributed by atoms with Crippen molar-refractivity contribution in [3.05, 3.63) is 35.5 Å². The van der Waals surface area contributed by atoms with Gasteiger partial charge in [-0.2, -0.15) is 0 Å². The average molecular weight is 484 g/mol. The van der Waals surface area contributed by atoms with Crippen LogP contribution in [0.25, 0.3) is 10.9 Å². The summed E-state index contributed by atoms with van der Waals surface area (Å²) in [5.74, 6) is 1.75. The molecule has 1 aliphatic carbocycles. The standard InChI is InChI=1S/C21H32N4O.HI/c1-4-17-6-5-7-19-18(14-24-20(17)19)10-11-23-21(22-2)25(3)12-13-26-15-16-8-9-16;/h5-7,14,16,24H,4,8-13,15H2,1-3H3,(H,22,23);1H. The maximum Gasteiger partial charge on any atom is 0.193 e. The van der Waals surface area contributed by atoms with Crippen molar-refractivity contribution in [3.8, 4) is 0 Å². The van der Waals surface area contributed by atoms with Gasteiger partial charge in [0.1, 0.15) is 0 Å². The molecule has 0 atom stereocenters. The molecule has 27 heavy (non-hydrogen) atoms. The van der Waals surface area contributed by atoms with Crippen LogP contribution in [0.15, 0.2) is 29.4 Å². The predicted octanol–water partition coefficient (Wildman–Crippen LogP) is 3.82. The highest BCUT2D eigenvalue weighted by Gasteiger charge is 2.21. The molecule has 0 spiro atoms. The zero-order valence-corrected chi connectivity index (χ0v) is 19.1. The number of nitrogens with zero attached hydrogens (tertiary/aromatic N) is 2. The summed E-state index contributed by atoms with van der Waals surface area (Å²) < 4.78 is 5.73. The van der Waals surface area contributed by atoms with E-state index in [1.54, 1.807) is 0 Å².